The summed E-state index contributed by atoms with van der Waals surface area (Å²) in [5, 5.41) is 8.61. The summed E-state index contributed by atoms with van der Waals surface area (Å²) in [6, 6.07) is 7.88. The maximum absolute atomic E-state index is 11.9. The van der Waals surface area contributed by atoms with Gasteiger partial charge in [0.15, 0.2) is 5.13 Å². The number of ether oxygens (including phenoxy) is 1. The number of hydrogen-bond acceptors (Lipinski definition) is 5. The predicted octanol–water partition coefficient (Wildman–Crippen LogP) is 3.54. The Morgan fingerprint density at radius 1 is 1.33 bits per heavy atom. The van der Waals surface area contributed by atoms with E-state index in [1.54, 1.807) is 0 Å². The molecule has 0 radical (unpaired) electrons. The third-order valence-corrected chi connectivity index (χ3v) is 4.55. The van der Waals surface area contributed by atoms with Gasteiger partial charge >= 0.3 is 0 Å². The first kappa shape index (κ1) is 16.9. The third kappa shape index (κ3) is 5.04. The standard InChI is InChI=1S/C18H23N3O2S/c1-2-9-23-15-7-5-14(6-8-15)16-12-24-18(20-16)21-17(22)11-19-10-13-3-4-13/h5-8,12-13,19H,2-4,9-11H2,1H3,(H,20,21,22). The highest BCUT2D eigenvalue weighted by Crippen LogP contribution is 2.28. The molecule has 2 N–H and O–H groups in total. The number of benzene rings is 1. The lowest BCUT2D eigenvalue weighted by molar-refractivity contribution is -0.115. The molecule has 1 aliphatic rings. The highest BCUT2D eigenvalue weighted by atomic mass is 32.1. The summed E-state index contributed by atoms with van der Waals surface area (Å²) in [6.45, 7) is 4.08. The van der Waals surface area contributed by atoms with Crippen LogP contribution < -0.4 is 15.4 Å². The van der Waals surface area contributed by atoms with Crippen molar-refractivity contribution in [2.75, 3.05) is 25.0 Å². The highest BCUT2D eigenvalue weighted by Gasteiger charge is 2.20. The van der Waals surface area contributed by atoms with E-state index in [9.17, 15) is 4.79 Å². The number of nitrogens with zero attached hydrogens (tertiary/aromatic N) is 1. The summed E-state index contributed by atoms with van der Waals surface area (Å²) in [5.74, 6) is 1.60. The lowest BCUT2D eigenvalue weighted by Crippen LogP contribution is -2.29. The molecule has 0 saturated heterocycles. The van der Waals surface area contributed by atoms with Gasteiger partial charge in [-0.05, 0) is 56.0 Å². The minimum atomic E-state index is -0.0418. The first-order chi connectivity index (χ1) is 11.7. The van der Waals surface area contributed by atoms with E-state index in [1.807, 2.05) is 29.6 Å². The Bertz CT molecular complexity index is 665. The van der Waals surface area contributed by atoms with Crippen molar-refractivity contribution in [2.45, 2.75) is 26.2 Å². The Morgan fingerprint density at radius 2 is 2.12 bits per heavy atom. The van der Waals surface area contributed by atoms with Gasteiger partial charge in [-0.25, -0.2) is 4.98 Å². The van der Waals surface area contributed by atoms with Crippen molar-refractivity contribution in [1.82, 2.24) is 10.3 Å². The van der Waals surface area contributed by atoms with Gasteiger partial charge in [0.2, 0.25) is 5.91 Å². The first-order valence-corrected chi connectivity index (χ1v) is 9.32. The van der Waals surface area contributed by atoms with E-state index < -0.39 is 0 Å². The van der Waals surface area contributed by atoms with Gasteiger partial charge in [0.1, 0.15) is 5.75 Å². The van der Waals surface area contributed by atoms with Crippen LogP contribution in [0.4, 0.5) is 5.13 Å². The zero-order valence-electron chi connectivity index (χ0n) is 13.9. The average Bonchev–Trinajstić information content (AvgIpc) is 3.30. The molecule has 1 aromatic heterocycles. The van der Waals surface area contributed by atoms with E-state index in [4.69, 9.17) is 4.74 Å². The molecule has 0 spiro atoms. The minimum absolute atomic E-state index is 0.0418. The number of aromatic nitrogens is 1. The van der Waals surface area contributed by atoms with Crippen LogP contribution in [0.3, 0.4) is 0 Å². The second kappa shape index (κ2) is 8.26. The maximum Gasteiger partial charge on any atom is 0.240 e. The maximum atomic E-state index is 11.9. The Kier molecular flexibility index (Phi) is 5.82. The summed E-state index contributed by atoms with van der Waals surface area (Å²) >= 11 is 1.44. The number of thiazole rings is 1. The van der Waals surface area contributed by atoms with Crippen molar-refractivity contribution in [2.24, 2.45) is 5.92 Å². The van der Waals surface area contributed by atoms with Crippen molar-refractivity contribution < 1.29 is 9.53 Å². The third-order valence-electron chi connectivity index (χ3n) is 3.79. The Balaban J connectivity index is 1.51. The van der Waals surface area contributed by atoms with Crippen LogP contribution in [0.5, 0.6) is 5.75 Å². The van der Waals surface area contributed by atoms with Crippen LogP contribution in [0.15, 0.2) is 29.6 Å². The average molecular weight is 345 g/mol. The SMILES string of the molecule is CCCOc1ccc(-c2csc(NC(=O)CNCC3CC3)n2)cc1. The molecule has 0 unspecified atom stereocenters. The van der Waals surface area contributed by atoms with E-state index in [0.29, 0.717) is 11.7 Å². The molecular formula is C18H23N3O2S. The number of amides is 1. The van der Waals surface area contributed by atoms with E-state index in [0.717, 1.165) is 42.5 Å². The fourth-order valence-electron chi connectivity index (χ4n) is 2.28. The van der Waals surface area contributed by atoms with Crippen LogP contribution in [-0.4, -0.2) is 30.6 Å². The smallest absolute Gasteiger partial charge is 0.240 e. The van der Waals surface area contributed by atoms with Gasteiger partial charge in [0.05, 0.1) is 18.8 Å². The molecule has 1 saturated carbocycles. The Morgan fingerprint density at radius 3 is 2.83 bits per heavy atom. The van der Waals surface area contributed by atoms with E-state index in [1.165, 1.54) is 24.2 Å². The molecule has 0 aliphatic heterocycles. The molecule has 1 aromatic carbocycles. The largest absolute Gasteiger partial charge is 0.494 e. The molecular weight excluding hydrogens is 322 g/mol. The quantitative estimate of drug-likeness (QED) is 0.730. The molecule has 1 heterocycles. The minimum Gasteiger partial charge on any atom is -0.494 e. The van der Waals surface area contributed by atoms with Crippen LogP contribution in [0.2, 0.25) is 0 Å². The molecule has 0 atom stereocenters. The molecule has 1 fully saturated rings. The monoisotopic (exact) mass is 345 g/mol. The van der Waals surface area contributed by atoms with Crippen molar-refractivity contribution in [3.8, 4) is 17.0 Å². The first-order valence-electron chi connectivity index (χ1n) is 8.44. The van der Waals surface area contributed by atoms with E-state index >= 15 is 0 Å². The van der Waals surface area contributed by atoms with Crippen LogP contribution in [-0.2, 0) is 4.79 Å². The van der Waals surface area contributed by atoms with Crippen LogP contribution in [0.25, 0.3) is 11.3 Å². The summed E-state index contributed by atoms with van der Waals surface area (Å²) in [7, 11) is 0. The summed E-state index contributed by atoms with van der Waals surface area (Å²) < 4.78 is 5.58. The lowest BCUT2D eigenvalue weighted by atomic mass is 10.2. The Labute approximate surface area is 146 Å². The Hall–Kier alpha value is -1.92. The second-order valence-electron chi connectivity index (χ2n) is 6.03. The van der Waals surface area contributed by atoms with E-state index in [2.05, 4.69) is 22.5 Å². The molecule has 0 bridgehead atoms. The highest BCUT2D eigenvalue weighted by molar-refractivity contribution is 7.14. The normalized spacial score (nSPS) is 13.7. The van der Waals surface area contributed by atoms with Crippen molar-refractivity contribution >= 4 is 22.4 Å². The fourth-order valence-corrected chi connectivity index (χ4v) is 3.02. The van der Waals surface area contributed by atoms with Gasteiger partial charge in [-0.1, -0.05) is 6.92 Å². The summed E-state index contributed by atoms with van der Waals surface area (Å²) in [4.78, 5) is 16.4. The summed E-state index contributed by atoms with van der Waals surface area (Å²) in [5.41, 5.74) is 1.88. The molecule has 1 amide bonds. The zero-order chi connectivity index (χ0) is 16.8. The molecule has 128 valence electrons. The number of anilines is 1. The number of rotatable bonds is 9. The van der Waals surface area contributed by atoms with Crippen LogP contribution in [0, 0.1) is 5.92 Å². The predicted molar refractivity (Wildman–Crippen MR) is 97.6 cm³/mol. The van der Waals surface area contributed by atoms with Gasteiger partial charge in [0.25, 0.3) is 0 Å². The van der Waals surface area contributed by atoms with Crippen LogP contribution in [0.1, 0.15) is 26.2 Å². The van der Waals surface area contributed by atoms with E-state index in [-0.39, 0.29) is 5.91 Å². The molecule has 5 nitrogen and oxygen atoms in total. The van der Waals surface area contributed by atoms with Crippen molar-refractivity contribution in [3.05, 3.63) is 29.6 Å². The number of hydrogen-bond donors (Lipinski definition) is 2. The molecule has 2 aromatic rings. The second-order valence-corrected chi connectivity index (χ2v) is 6.89. The summed E-state index contributed by atoms with van der Waals surface area (Å²) in [6.07, 6.45) is 3.56. The zero-order valence-corrected chi connectivity index (χ0v) is 14.7. The molecule has 1 aliphatic carbocycles. The molecule has 3 rings (SSSR count). The van der Waals surface area contributed by atoms with Crippen LogP contribution >= 0.6 is 11.3 Å². The van der Waals surface area contributed by atoms with Crippen molar-refractivity contribution in [3.63, 3.8) is 0 Å². The van der Waals surface area contributed by atoms with Gasteiger partial charge < -0.3 is 15.4 Å². The van der Waals surface area contributed by atoms with Crippen molar-refractivity contribution in [1.29, 1.82) is 0 Å². The van der Waals surface area contributed by atoms with Gasteiger partial charge in [-0.15, -0.1) is 11.3 Å². The number of nitrogens with one attached hydrogen (secondary N) is 2. The van der Waals surface area contributed by atoms with Gasteiger partial charge in [-0.2, -0.15) is 0 Å². The van der Waals surface area contributed by atoms with Gasteiger partial charge in [-0.3, -0.25) is 4.79 Å². The lowest BCUT2D eigenvalue weighted by Gasteiger charge is -2.05. The fraction of sp³-hybridized carbons (Fsp3) is 0.444. The topological polar surface area (TPSA) is 63.2 Å². The molecule has 6 heteroatoms. The van der Waals surface area contributed by atoms with Gasteiger partial charge in [0, 0.05) is 10.9 Å². The molecule has 24 heavy (non-hydrogen) atoms. The number of carbonyl (C=O) groups is 1. The number of carbonyl (C=O) groups excluding carboxylic acids is 1.